The second kappa shape index (κ2) is 5.70. The van der Waals surface area contributed by atoms with E-state index in [4.69, 9.17) is 0 Å². The first-order valence-corrected chi connectivity index (χ1v) is 6.38. The number of nitrogens with one attached hydrogen (secondary N) is 1. The molecular weight excluding hydrogens is 274 g/mol. The number of rotatable bonds is 4. The van der Waals surface area contributed by atoms with Gasteiger partial charge in [0.05, 0.1) is 24.1 Å². The fraction of sp³-hybridized carbons (Fsp3) is 0.0667. The van der Waals surface area contributed by atoms with Crippen LogP contribution in [0.25, 0.3) is 5.69 Å². The maximum Gasteiger partial charge on any atom is 0.146 e. The van der Waals surface area contributed by atoms with E-state index in [0.29, 0.717) is 5.69 Å². The lowest BCUT2D eigenvalue weighted by molar-refractivity contribution is 0.602. The number of benzene rings is 2. The molecule has 4 nitrogen and oxygen atoms in total. The number of aromatic nitrogens is 3. The molecule has 106 valence electrons. The Morgan fingerprint density at radius 2 is 1.86 bits per heavy atom. The van der Waals surface area contributed by atoms with Crippen LogP contribution < -0.4 is 5.32 Å². The minimum absolute atomic E-state index is 0.101. The van der Waals surface area contributed by atoms with Crippen molar-refractivity contribution in [2.75, 3.05) is 5.32 Å². The molecule has 0 atom stereocenters. The molecule has 0 fully saturated rings. The van der Waals surface area contributed by atoms with Crippen molar-refractivity contribution in [3.05, 3.63) is 72.1 Å². The van der Waals surface area contributed by atoms with Crippen LogP contribution in [0.3, 0.4) is 0 Å². The van der Waals surface area contributed by atoms with E-state index in [-0.39, 0.29) is 12.2 Å². The van der Waals surface area contributed by atoms with Gasteiger partial charge < -0.3 is 5.32 Å². The zero-order chi connectivity index (χ0) is 14.7. The van der Waals surface area contributed by atoms with Gasteiger partial charge in [0.2, 0.25) is 0 Å². The molecule has 0 amide bonds. The predicted octanol–water partition coefficient (Wildman–Crippen LogP) is 3.16. The minimum Gasteiger partial charge on any atom is -0.377 e. The van der Waals surface area contributed by atoms with Crippen molar-refractivity contribution in [2.45, 2.75) is 6.54 Å². The lowest BCUT2D eigenvalue weighted by Gasteiger charge is -2.05. The first-order valence-electron chi connectivity index (χ1n) is 6.38. The van der Waals surface area contributed by atoms with Crippen molar-refractivity contribution >= 4 is 5.69 Å². The van der Waals surface area contributed by atoms with E-state index in [2.05, 4.69) is 15.5 Å². The second-order valence-electron chi connectivity index (χ2n) is 4.44. The fourth-order valence-corrected chi connectivity index (χ4v) is 1.88. The highest BCUT2D eigenvalue weighted by molar-refractivity contribution is 5.45. The molecule has 0 saturated carbocycles. The minimum atomic E-state index is -0.508. The molecule has 3 rings (SSSR count). The molecule has 6 heteroatoms. The summed E-state index contributed by atoms with van der Waals surface area (Å²) in [7, 11) is 0. The molecule has 1 heterocycles. The quantitative estimate of drug-likeness (QED) is 0.801. The summed E-state index contributed by atoms with van der Waals surface area (Å²) >= 11 is 0. The largest absolute Gasteiger partial charge is 0.377 e. The van der Waals surface area contributed by atoms with Crippen LogP contribution in [0.4, 0.5) is 14.5 Å². The summed E-state index contributed by atoms with van der Waals surface area (Å²) < 4.78 is 26.5. The first kappa shape index (κ1) is 13.2. The molecule has 3 aromatic rings. The second-order valence-corrected chi connectivity index (χ2v) is 4.44. The van der Waals surface area contributed by atoms with Gasteiger partial charge in [-0.25, -0.2) is 8.78 Å². The van der Waals surface area contributed by atoms with Crippen LogP contribution in [-0.2, 0) is 6.54 Å². The van der Waals surface area contributed by atoms with Gasteiger partial charge in [0, 0.05) is 0 Å². The SMILES string of the molecule is Fc1ccc(F)c(NCc2cnn(-c3ccccc3)n2)c1. The van der Waals surface area contributed by atoms with Crippen LogP contribution in [0, 0.1) is 11.6 Å². The lowest BCUT2D eigenvalue weighted by Crippen LogP contribution is -2.04. The molecule has 1 aromatic heterocycles. The average Bonchev–Trinajstić information content (AvgIpc) is 2.98. The van der Waals surface area contributed by atoms with Gasteiger partial charge in [0.1, 0.15) is 17.3 Å². The van der Waals surface area contributed by atoms with Gasteiger partial charge in [-0.2, -0.15) is 15.0 Å². The maximum atomic E-state index is 13.5. The summed E-state index contributed by atoms with van der Waals surface area (Å²) in [6, 6.07) is 12.7. The molecule has 2 aromatic carbocycles. The topological polar surface area (TPSA) is 42.7 Å². The Bertz CT molecular complexity index is 740. The smallest absolute Gasteiger partial charge is 0.146 e. The number of hydrogen-bond acceptors (Lipinski definition) is 3. The fourth-order valence-electron chi connectivity index (χ4n) is 1.88. The highest BCUT2D eigenvalue weighted by Gasteiger charge is 2.06. The Morgan fingerprint density at radius 3 is 2.67 bits per heavy atom. The molecule has 0 bridgehead atoms. The van der Waals surface area contributed by atoms with Gasteiger partial charge in [-0.15, -0.1) is 0 Å². The molecule has 0 unspecified atom stereocenters. The van der Waals surface area contributed by atoms with E-state index < -0.39 is 11.6 Å². The van der Waals surface area contributed by atoms with Crippen LogP contribution in [-0.4, -0.2) is 15.0 Å². The Balaban J connectivity index is 1.72. The normalized spacial score (nSPS) is 10.6. The summed E-state index contributed by atoms with van der Waals surface area (Å²) in [4.78, 5) is 1.49. The zero-order valence-corrected chi connectivity index (χ0v) is 11.0. The van der Waals surface area contributed by atoms with Crippen LogP contribution in [0.5, 0.6) is 0 Å². The Kier molecular flexibility index (Phi) is 3.59. The molecular formula is C15H12F2N4. The summed E-state index contributed by atoms with van der Waals surface area (Å²) in [5, 5.41) is 11.2. The van der Waals surface area contributed by atoms with Crippen molar-refractivity contribution in [3.8, 4) is 5.69 Å². The zero-order valence-electron chi connectivity index (χ0n) is 11.0. The van der Waals surface area contributed by atoms with E-state index >= 15 is 0 Å². The average molecular weight is 286 g/mol. The number of halogens is 2. The molecule has 0 spiro atoms. The maximum absolute atomic E-state index is 13.5. The molecule has 0 aliphatic carbocycles. The van der Waals surface area contributed by atoms with Crippen LogP contribution in [0.2, 0.25) is 0 Å². The summed E-state index contributed by atoms with van der Waals surface area (Å²) in [6.07, 6.45) is 1.58. The predicted molar refractivity (Wildman–Crippen MR) is 75.0 cm³/mol. The third-order valence-corrected chi connectivity index (χ3v) is 2.91. The summed E-state index contributed by atoms with van der Waals surface area (Å²) in [5.74, 6) is -1.00. The molecule has 0 saturated heterocycles. The van der Waals surface area contributed by atoms with Gasteiger partial charge in [0.25, 0.3) is 0 Å². The van der Waals surface area contributed by atoms with E-state index in [1.54, 1.807) is 6.20 Å². The Morgan fingerprint density at radius 1 is 1.05 bits per heavy atom. The lowest BCUT2D eigenvalue weighted by atomic mass is 10.3. The van der Waals surface area contributed by atoms with E-state index in [9.17, 15) is 8.78 Å². The first-order chi connectivity index (χ1) is 10.2. The van der Waals surface area contributed by atoms with Crippen LogP contribution in [0.1, 0.15) is 5.69 Å². The van der Waals surface area contributed by atoms with Gasteiger partial charge in [-0.05, 0) is 30.3 Å². The van der Waals surface area contributed by atoms with Crippen molar-refractivity contribution in [1.82, 2.24) is 15.0 Å². The van der Waals surface area contributed by atoms with Crippen molar-refractivity contribution in [1.29, 1.82) is 0 Å². The van der Waals surface area contributed by atoms with Gasteiger partial charge in [-0.3, -0.25) is 0 Å². The monoisotopic (exact) mass is 286 g/mol. The Labute approximate surface area is 120 Å². The van der Waals surface area contributed by atoms with Gasteiger partial charge in [0.15, 0.2) is 0 Å². The Hall–Kier alpha value is -2.76. The number of hydrogen-bond donors (Lipinski definition) is 1. The third kappa shape index (κ3) is 3.05. The number of para-hydroxylation sites is 1. The van der Waals surface area contributed by atoms with Crippen molar-refractivity contribution in [2.24, 2.45) is 0 Å². The molecule has 0 aliphatic rings. The van der Waals surface area contributed by atoms with E-state index in [1.165, 1.54) is 4.80 Å². The van der Waals surface area contributed by atoms with E-state index in [0.717, 1.165) is 23.9 Å². The third-order valence-electron chi connectivity index (χ3n) is 2.91. The number of nitrogens with zero attached hydrogens (tertiary/aromatic N) is 3. The molecule has 0 aliphatic heterocycles. The van der Waals surface area contributed by atoms with E-state index in [1.807, 2.05) is 30.3 Å². The van der Waals surface area contributed by atoms with Gasteiger partial charge >= 0.3 is 0 Å². The van der Waals surface area contributed by atoms with Crippen LogP contribution >= 0.6 is 0 Å². The summed E-state index contributed by atoms with van der Waals surface area (Å²) in [5.41, 5.74) is 1.56. The van der Waals surface area contributed by atoms with Crippen molar-refractivity contribution < 1.29 is 8.78 Å². The molecule has 0 radical (unpaired) electrons. The van der Waals surface area contributed by atoms with Crippen LogP contribution in [0.15, 0.2) is 54.7 Å². The highest BCUT2D eigenvalue weighted by Crippen LogP contribution is 2.16. The molecule has 1 N–H and O–H groups in total. The highest BCUT2D eigenvalue weighted by atomic mass is 19.1. The van der Waals surface area contributed by atoms with Crippen molar-refractivity contribution in [3.63, 3.8) is 0 Å². The summed E-state index contributed by atoms with van der Waals surface area (Å²) in [6.45, 7) is 0.257. The standard InChI is InChI=1S/C15H12F2N4/c16-11-6-7-14(17)15(8-11)18-9-12-10-19-21(20-12)13-4-2-1-3-5-13/h1-8,10,18H,9H2. The van der Waals surface area contributed by atoms with Gasteiger partial charge in [-0.1, -0.05) is 18.2 Å². The number of anilines is 1. The molecule has 21 heavy (non-hydrogen) atoms.